The van der Waals surface area contributed by atoms with Crippen LogP contribution >= 0.6 is 0 Å². The highest BCUT2D eigenvalue weighted by molar-refractivity contribution is 6.41. The van der Waals surface area contributed by atoms with Crippen molar-refractivity contribution in [2.24, 2.45) is 5.92 Å². The SMILES string of the molecule is CCCCCC[N+]1=C(/C=C2/C(=O)C(c3ccc4c(c3)c3cc(C5=C(O)/C(=C\C6=[N+](CCCCCC)c7ccccc7C6(C)C)C5=O)ccc3n4CCCCCCOC(=O)C(C)C)=C2O)C(C)(C)c2ccccc21. The number of ketones is 2. The van der Waals surface area contributed by atoms with Gasteiger partial charge in [0.2, 0.25) is 22.9 Å². The van der Waals surface area contributed by atoms with Gasteiger partial charge in [-0.15, -0.1) is 0 Å². The van der Waals surface area contributed by atoms with Crippen LogP contribution in [0.2, 0.25) is 0 Å². The van der Waals surface area contributed by atoms with Gasteiger partial charge in [-0.25, -0.2) is 0 Å². The summed E-state index contributed by atoms with van der Waals surface area (Å²) in [5.74, 6) is -0.698. The molecule has 2 aliphatic heterocycles. The van der Waals surface area contributed by atoms with E-state index in [9.17, 15) is 24.6 Å². The molecular weight excluding hydrogens is 907 g/mol. The summed E-state index contributed by atoms with van der Waals surface area (Å²) in [7, 11) is 0. The minimum absolute atomic E-state index is 0.00145. The molecule has 1 aromatic heterocycles. The zero-order valence-electron chi connectivity index (χ0n) is 44.5. The third-order valence-corrected chi connectivity index (χ3v) is 16.0. The normalized spacial score (nSPS) is 18.0. The molecule has 0 radical (unpaired) electrons. The molecule has 0 bridgehead atoms. The number of ether oxygens (including phenoxy) is 1. The van der Waals surface area contributed by atoms with Crippen molar-refractivity contribution in [3.05, 3.63) is 142 Å². The van der Waals surface area contributed by atoms with Crippen molar-refractivity contribution in [1.82, 2.24) is 4.57 Å². The standard InChI is InChI=1S/C64H73N3O6/c1-9-11-13-21-34-66-52-27-19-17-25-48(52)63(5,6)54(66)39-46-58(68)56(59(46)69)42-29-31-50-44(37-42)45-38-43(30-32-51(45)65(50)33-23-15-16-24-36-73-62(72)41(3)4)57-60(70)47(61(57)71)40-55-64(7,8)49-26-18-20-28-53(49)67(55)35-22-14-12-10-2/h17-20,25-32,37-41H,9-16,21-24,33-36H2,1-8H3/p+2. The Morgan fingerprint density at radius 3 is 1.48 bits per heavy atom. The van der Waals surface area contributed by atoms with Crippen LogP contribution in [0.25, 0.3) is 33.0 Å². The maximum absolute atomic E-state index is 14.4. The van der Waals surface area contributed by atoms with Crippen LogP contribution in [-0.4, -0.2) is 72.6 Å². The number of aliphatic hydroxyl groups is 2. The molecule has 5 aromatic rings. The van der Waals surface area contributed by atoms with E-state index in [1.807, 2.05) is 62.4 Å². The number of nitrogens with zero attached hydrogens (tertiary/aromatic N) is 3. The number of benzene rings is 4. The summed E-state index contributed by atoms with van der Waals surface area (Å²) in [6, 6.07) is 28.8. The van der Waals surface area contributed by atoms with E-state index in [0.717, 1.165) is 128 Å². The Kier molecular flexibility index (Phi) is 14.8. The fourth-order valence-electron chi connectivity index (χ4n) is 11.7. The average molecular weight is 982 g/mol. The number of carbonyl (C=O) groups is 3. The highest BCUT2D eigenvalue weighted by atomic mass is 16.5. The molecule has 0 amide bonds. The van der Waals surface area contributed by atoms with E-state index in [0.29, 0.717) is 40.0 Å². The fraction of sp³-hybridized carbons (Fsp3) is 0.422. The molecule has 0 saturated carbocycles. The van der Waals surface area contributed by atoms with Gasteiger partial charge in [0.25, 0.3) is 0 Å². The van der Waals surface area contributed by atoms with Crippen molar-refractivity contribution in [1.29, 1.82) is 0 Å². The van der Waals surface area contributed by atoms with Gasteiger partial charge in [0.05, 0.1) is 45.6 Å². The molecule has 9 nitrogen and oxygen atoms in total. The number of Topliss-reactive ketones (excluding diaryl/α,β-unsaturated/α-hetero) is 2. The summed E-state index contributed by atoms with van der Waals surface area (Å²) in [5, 5.41) is 25.5. The molecule has 4 aromatic carbocycles. The minimum Gasteiger partial charge on any atom is -0.506 e. The summed E-state index contributed by atoms with van der Waals surface area (Å²) >= 11 is 0. The van der Waals surface area contributed by atoms with Gasteiger partial charge in [-0.3, -0.25) is 14.4 Å². The summed E-state index contributed by atoms with van der Waals surface area (Å²) in [6.07, 6.45) is 16.4. The third-order valence-electron chi connectivity index (χ3n) is 16.0. The second-order valence-corrected chi connectivity index (χ2v) is 22.1. The molecule has 3 heterocycles. The second kappa shape index (κ2) is 21.1. The number of hydrogen-bond acceptors (Lipinski definition) is 6. The van der Waals surface area contributed by atoms with Crippen LogP contribution in [0.1, 0.15) is 155 Å². The lowest BCUT2D eigenvalue weighted by Gasteiger charge is -2.23. The number of aryl methyl sites for hydroxylation is 1. The first-order valence-electron chi connectivity index (χ1n) is 27.2. The molecule has 4 aliphatic rings. The highest BCUT2D eigenvalue weighted by Crippen LogP contribution is 2.46. The zero-order valence-corrected chi connectivity index (χ0v) is 44.5. The number of aromatic nitrogens is 1. The molecule has 2 N–H and O–H groups in total. The van der Waals surface area contributed by atoms with Crippen LogP contribution in [0.15, 0.2) is 120 Å². The highest BCUT2D eigenvalue weighted by Gasteiger charge is 2.48. The largest absolute Gasteiger partial charge is 0.506 e. The van der Waals surface area contributed by atoms with Crippen molar-refractivity contribution < 1.29 is 38.5 Å². The van der Waals surface area contributed by atoms with E-state index in [1.54, 1.807) is 0 Å². The summed E-state index contributed by atoms with van der Waals surface area (Å²) in [5.41, 5.74) is 10.5. The van der Waals surface area contributed by atoms with E-state index >= 15 is 0 Å². The van der Waals surface area contributed by atoms with E-state index in [2.05, 4.69) is 104 Å². The number of aliphatic hydroxyl groups excluding tert-OH is 2. The lowest BCUT2D eigenvalue weighted by molar-refractivity contribution is -0.438. The van der Waals surface area contributed by atoms with Gasteiger partial charge in [0.15, 0.2) is 11.4 Å². The first-order valence-corrected chi connectivity index (χ1v) is 27.2. The first kappa shape index (κ1) is 51.3. The van der Waals surface area contributed by atoms with Gasteiger partial charge in [-0.05, 0) is 95.2 Å². The monoisotopic (exact) mass is 982 g/mol. The number of allylic oxidation sites excluding steroid dienone is 6. The van der Waals surface area contributed by atoms with Crippen LogP contribution in [0.4, 0.5) is 11.4 Å². The Morgan fingerprint density at radius 2 is 1.04 bits per heavy atom. The number of esters is 1. The molecule has 0 unspecified atom stereocenters. The van der Waals surface area contributed by atoms with Crippen molar-refractivity contribution in [3.63, 3.8) is 0 Å². The Balaban J connectivity index is 1.07. The number of unbranched alkanes of at least 4 members (excludes halogenated alkanes) is 9. The molecule has 73 heavy (non-hydrogen) atoms. The third kappa shape index (κ3) is 9.38. The summed E-state index contributed by atoms with van der Waals surface area (Å²) < 4.78 is 12.4. The topological polar surface area (TPSA) is 112 Å². The molecule has 2 aliphatic carbocycles. The molecule has 0 spiro atoms. The van der Waals surface area contributed by atoms with E-state index in [1.165, 1.54) is 24.0 Å². The van der Waals surface area contributed by atoms with Crippen LogP contribution < -0.4 is 0 Å². The average Bonchev–Trinajstić information content (AvgIpc) is 3.89. The lowest BCUT2D eigenvalue weighted by Crippen LogP contribution is -2.31. The van der Waals surface area contributed by atoms with E-state index in [4.69, 9.17) is 4.74 Å². The summed E-state index contributed by atoms with van der Waals surface area (Å²) in [4.78, 5) is 40.7. The van der Waals surface area contributed by atoms with Crippen LogP contribution in [-0.2, 0) is 36.5 Å². The van der Waals surface area contributed by atoms with Crippen LogP contribution in [0.3, 0.4) is 0 Å². The van der Waals surface area contributed by atoms with Gasteiger partial charge >= 0.3 is 5.97 Å². The quantitative estimate of drug-likeness (QED) is 0.0309. The van der Waals surface area contributed by atoms with Gasteiger partial charge in [0, 0.05) is 76.6 Å². The predicted octanol–water partition coefficient (Wildman–Crippen LogP) is 14.4. The number of hydrogen-bond donors (Lipinski definition) is 2. The summed E-state index contributed by atoms with van der Waals surface area (Å²) in [6.45, 7) is 19.7. The van der Waals surface area contributed by atoms with Crippen molar-refractivity contribution in [2.45, 2.75) is 150 Å². The van der Waals surface area contributed by atoms with Gasteiger partial charge in [-0.2, -0.15) is 9.15 Å². The molecule has 0 atom stereocenters. The Morgan fingerprint density at radius 1 is 0.603 bits per heavy atom. The Labute approximate surface area is 432 Å². The van der Waals surface area contributed by atoms with Crippen molar-refractivity contribution >= 4 is 73.3 Å². The van der Waals surface area contributed by atoms with Crippen LogP contribution in [0.5, 0.6) is 0 Å². The van der Waals surface area contributed by atoms with Gasteiger partial charge in [0.1, 0.15) is 24.6 Å². The molecule has 9 rings (SSSR count). The smallest absolute Gasteiger partial charge is 0.308 e. The Hall–Kier alpha value is -6.61. The minimum atomic E-state index is -0.363. The number of rotatable bonds is 22. The van der Waals surface area contributed by atoms with Gasteiger partial charge in [-0.1, -0.05) is 108 Å². The molecule has 0 saturated heterocycles. The molecule has 380 valence electrons. The Bertz CT molecular complexity index is 3040. The maximum Gasteiger partial charge on any atom is 0.308 e. The molecule has 0 fully saturated rings. The van der Waals surface area contributed by atoms with E-state index < -0.39 is 0 Å². The number of para-hydroxylation sites is 2. The first-order chi connectivity index (χ1) is 35.1. The van der Waals surface area contributed by atoms with Crippen molar-refractivity contribution in [3.8, 4) is 0 Å². The van der Waals surface area contributed by atoms with Crippen LogP contribution in [0, 0.1) is 5.92 Å². The maximum atomic E-state index is 14.4. The lowest BCUT2D eigenvalue weighted by atomic mass is 9.77. The van der Waals surface area contributed by atoms with E-state index in [-0.39, 0.29) is 45.8 Å². The molecular formula is C64H75N3O6+2. The van der Waals surface area contributed by atoms with Gasteiger partial charge < -0.3 is 19.5 Å². The fourth-order valence-corrected chi connectivity index (χ4v) is 11.7. The van der Waals surface area contributed by atoms with Crippen molar-refractivity contribution in [2.75, 3.05) is 19.7 Å². The number of fused-ring (bicyclic) bond motifs is 5. The molecule has 9 heteroatoms. The zero-order chi connectivity index (χ0) is 51.8. The number of carbonyl (C=O) groups excluding carboxylic acids is 3. The second-order valence-electron chi connectivity index (χ2n) is 22.1. The predicted molar refractivity (Wildman–Crippen MR) is 296 cm³/mol.